The van der Waals surface area contributed by atoms with Crippen LogP contribution in [0.4, 0.5) is 0 Å². The Morgan fingerprint density at radius 1 is 0.337 bits per heavy atom. The SMILES string of the molecule is CCCCn1c(=O)c2ncn(C)c2c2ccc(Cl)cc21.CCCCn1c(=O)c2ncn(C)c2c2ccc(Cl)cc21.CCCCn1c(=O)c2ncn(C)c2c2ccc(Cl)cc21.CCCCn1c(=O)c2ncn(C)c2c2ccc(Cl)cc21.Cl.Cl.Cl. The Labute approximate surface area is 517 Å². The van der Waals surface area contributed by atoms with Gasteiger partial charge in [-0.25, -0.2) is 19.9 Å². The first-order valence-electron chi connectivity index (χ1n) is 27.1. The van der Waals surface area contributed by atoms with Crippen molar-refractivity contribution in [2.24, 2.45) is 28.2 Å². The molecular formula is C60H67Cl7N12O4. The molecule has 0 atom stereocenters. The Morgan fingerprint density at radius 2 is 0.530 bits per heavy atom. The summed E-state index contributed by atoms with van der Waals surface area (Å²) in [5.74, 6) is 0. The second-order valence-electron chi connectivity index (χ2n) is 20.1. The van der Waals surface area contributed by atoms with Crippen molar-refractivity contribution in [2.75, 3.05) is 0 Å². The van der Waals surface area contributed by atoms with Crippen molar-refractivity contribution >= 4 is 171 Å². The van der Waals surface area contributed by atoms with E-state index in [0.29, 0.717) is 68.3 Å². The zero-order valence-electron chi connectivity index (χ0n) is 47.5. The van der Waals surface area contributed by atoms with Crippen molar-refractivity contribution in [1.82, 2.24) is 56.5 Å². The second kappa shape index (κ2) is 28.5. The number of aromatic nitrogens is 12. The van der Waals surface area contributed by atoms with Crippen LogP contribution < -0.4 is 22.2 Å². The number of aryl methyl sites for hydroxylation is 8. The fourth-order valence-electron chi connectivity index (χ4n) is 10.4. The highest BCUT2D eigenvalue weighted by atomic mass is 35.5. The zero-order chi connectivity index (χ0) is 57.1. The quantitative estimate of drug-likeness (QED) is 0.117. The van der Waals surface area contributed by atoms with E-state index in [1.807, 2.05) is 119 Å². The number of halogens is 7. The molecule has 440 valence electrons. The van der Waals surface area contributed by atoms with Gasteiger partial charge in [-0.1, -0.05) is 99.8 Å². The maximum Gasteiger partial charge on any atom is 0.279 e. The summed E-state index contributed by atoms with van der Waals surface area (Å²) >= 11 is 24.4. The van der Waals surface area contributed by atoms with Crippen LogP contribution >= 0.6 is 83.6 Å². The average Bonchev–Trinajstić information content (AvgIpc) is 4.48. The molecule has 12 rings (SSSR count). The van der Waals surface area contributed by atoms with E-state index in [4.69, 9.17) is 46.4 Å². The number of hydrogen-bond donors (Lipinski definition) is 0. The molecule has 0 spiro atoms. The minimum Gasteiger partial charge on any atom is -0.333 e. The Morgan fingerprint density at radius 3 is 0.711 bits per heavy atom. The molecule has 0 amide bonds. The van der Waals surface area contributed by atoms with Gasteiger partial charge in [0.1, 0.15) is 0 Å². The summed E-state index contributed by atoms with van der Waals surface area (Å²) < 4.78 is 14.7. The van der Waals surface area contributed by atoms with Gasteiger partial charge in [-0.15, -0.1) is 37.2 Å². The first-order valence-corrected chi connectivity index (χ1v) is 28.6. The van der Waals surface area contributed by atoms with E-state index in [9.17, 15) is 19.2 Å². The summed E-state index contributed by atoms with van der Waals surface area (Å²) in [5.41, 5.74) is 8.96. The summed E-state index contributed by atoms with van der Waals surface area (Å²) in [6, 6.07) is 22.7. The third-order valence-electron chi connectivity index (χ3n) is 14.5. The molecule has 4 aromatic carbocycles. The minimum absolute atomic E-state index is 0. The number of benzene rings is 4. The fourth-order valence-corrected chi connectivity index (χ4v) is 11.1. The number of imidazole rings is 4. The van der Waals surface area contributed by atoms with E-state index in [2.05, 4.69) is 47.6 Å². The molecule has 0 saturated heterocycles. The third-order valence-corrected chi connectivity index (χ3v) is 15.4. The van der Waals surface area contributed by atoms with Crippen LogP contribution in [0, 0.1) is 0 Å². The molecule has 83 heavy (non-hydrogen) atoms. The standard InChI is InChI=1S/4C15H16ClN3O.3ClH/c4*1-3-4-7-19-12-8-10(16)5-6-11(12)14-13(15(19)20)17-9-18(14)2;;;/h4*5-6,8-9H,3-4,7H2,1-2H3;3*1H. The van der Waals surface area contributed by atoms with Crippen LogP contribution in [0.3, 0.4) is 0 Å². The lowest BCUT2D eigenvalue weighted by molar-refractivity contribution is 0.634. The smallest absolute Gasteiger partial charge is 0.279 e. The Kier molecular flexibility index (Phi) is 22.6. The monoisotopic (exact) mass is 1260 g/mol. The third kappa shape index (κ3) is 13.0. The van der Waals surface area contributed by atoms with Gasteiger partial charge in [-0.3, -0.25) is 19.2 Å². The lowest BCUT2D eigenvalue weighted by atomic mass is 10.1. The molecule has 0 fully saturated rings. The van der Waals surface area contributed by atoms with Crippen LogP contribution in [0.2, 0.25) is 20.1 Å². The van der Waals surface area contributed by atoms with Crippen LogP contribution in [-0.4, -0.2) is 56.5 Å². The van der Waals surface area contributed by atoms with Crippen molar-refractivity contribution in [1.29, 1.82) is 0 Å². The van der Waals surface area contributed by atoms with Crippen LogP contribution in [0.15, 0.2) is 117 Å². The predicted molar refractivity (Wildman–Crippen MR) is 351 cm³/mol. The van der Waals surface area contributed by atoms with E-state index in [-0.39, 0.29) is 59.5 Å². The highest BCUT2D eigenvalue weighted by molar-refractivity contribution is 6.32. The van der Waals surface area contributed by atoms with Gasteiger partial charge in [0.2, 0.25) is 0 Å². The molecule has 16 nitrogen and oxygen atoms in total. The molecule has 8 heterocycles. The summed E-state index contributed by atoms with van der Waals surface area (Å²) in [5, 5.41) is 6.63. The minimum atomic E-state index is -0.0381. The molecule has 0 radical (unpaired) electrons. The summed E-state index contributed by atoms with van der Waals surface area (Å²) in [7, 11) is 7.61. The Balaban J connectivity index is 0.000000176. The van der Waals surface area contributed by atoms with Gasteiger partial charge in [0.15, 0.2) is 22.1 Å². The first-order chi connectivity index (χ1) is 38.5. The van der Waals surface area contributed by atoms with Crippen molar-refractivity contribution in [2.45, 2.75) is 105 Å². The molecule has 0 bridgehead atoms. The van der Waals surface area contributed by atoms with Gasteiger partial charge >= 0.3 is 0 Å². The number of unbranched alkanes of at least 4 members (excludes halogenated alkanes) is 4. The van der Waals surface area contributed by atoms with Crippen molar-refractivity contribution in [3.05, 3.63) is 160 Å². The normalized spacial score (nSPS) is 11.1. The summed E-state index contributed by atoms with van der Waals surface area (Å²) in [6.45, 7) is 11.2. The lowest BCUT2D eigenvalue weighted by Gasteiger charge is -2.11. The van der Waals surface area contributed by atoms with Crippen molar-refractivity contribution in [3.63, 3.8) is 0 Å². The van der Waals surface area contributed by atoms with E-state index in [1.54, 1.807) is 43.6 Å². The van der Waals surface area contributed by atoms with E-state index in [0.717, 1.165) is 117 Å². The van der Waals surface area contributed by atoms with E-state index < -0.39 is 0 Å². The number of rotatable bonds is 12. The number of nitrogens with zero attached hydrogens (tertiary/aromatic N) is 12. The van der Waals surface area contributed by atoms with Crippen molar-refractivity contribution in [3.8, 4) is 0 Å². The van der Waals surface area contributed by atoms with Crippen LogP contribution in [0.25, 0.3) is 87.7 Å². The molecule has 0 aliphatic rings. The fraction of sp³-hybridized carbons (Fsp3) is 0.333. The van der Waals surface area contributed by atoms with Crippen LogP contribution in [-0.2, 0) is 54.4 Å². The Hall–Kier alpha value is -6.37. The Bertz CT molecular complexity index is 3980. The maximum absolute atomic E-state index is 12.6. The molecule has 12 aromatic rings. The lowest BCUT2D eigenvalue weighted by Crippen LogP contribution is -2.21. The second-order valence-corrected chi connectivity index (χ2v) is 21.8. The zero-order valence-corrected chi connectivity index (χ0v) is 52.9. The van der Waals surface area contributed by atoms with Crippen LogP contribution in [0.1, 0.15) is 79.1 Å². The molecule has 8 aromatic heterocycles. The molecule has 0 N–H and O–H groups in total. The van der Waals surface area contributed by atoms with E-state index >= 15 is 0 Å². The van der Waals surface area contributed by atoms with Gasteiger partial charge in [0.25, 0.3) is 22.2 Å². The van der Waals surface area contributed by atoms with E-state index in [1.165, 1.54) is 0 Å². The molecule has 0 unspecified atom stereocenters. The average molecular weight is 1270 g/mol. The van der Waals surface area contributed by atoms with Crippen LogP contribution in [0.5, 0.6) is 0 Å². The van der Waals surface area contributed by atoms with Gasteiger partial charge < -0.3 is 36.5 Å². The molecule has 0 saturated carbocycles. The molecule has 23 heteroatoms. The molecule has 0 aliphatic carbocycles. The van der Waals surface area contributed by atoms with Gasteiger partial charge in [-0.2, -0.15) is 0 Å². The van der Waals surface area contributed by atoms with Gasteiger partial charge in [0.05, 0.1) is 69.4 Å². The highest BCUT2D eigenvalue weighted by Crippen LogP contribution is 2.29. The predicted octanol–water partition coefficient (Wildman–Crippen LogP) is 14.6. The maximum atomic E-state index is 12.6. The highest BCUT2D eigenvalue weighted by Gasteiger charge is 2.19. The topological polar surface area (TPSA) is 159 Å². The van der Waals surface area contributed by atoms with Gasteiger partial charge in [0, 0.05) is 96.0 Å². The molecule has 0 aliphatic heterocycles. The summed E-state index contributed by atoms with van der Waals surface area (Å²) in [6.07, 6.45) is 14.7. The van der Waals surface area contributed by atoms with Gasteiger partial charge in [-0.05, 0) is 98.5 Å². The number of fused-ring (bicyclic) bond motifs is 12. The van der Waals surface area contributed by atoms with Crippen molar-refractivity contribution < 1.29 is 0 Å². The largest absolute Gasteiger partial charge is 0.333 e. The summed E-state index contributed by atoms with van der Waals surface area (Å²) in [4.78, 5) is 67.5. The first kappa shape index (κ1) is 65.8. The molecular weight excluding hydrogens is 1200 g/mol. The number of hydrogen-bond acceptors (Lipinski definition) is 8. The number of pyridine rings is 4.